The van der Waals surface area contributed by atoms with Crippen LogP contribution in [0.25, 0.3) is 5.69 Å². The van der Waals surface area contributed by atoms with E-state index >= 15 is 0 Å². The zero-order chi connectivity index (χ0) is 18.6. The highest BCUT2D eigenvalue weighted by Crippen LogP contribution is 2.29. The Labute approximate surface area is 151 Å². The molecule has 2 aromatic heterocycles. The summed E-state index contributed by atoms with van der Waals surface area (Å²) in [5.41, 5.74) is 1.21. The van der Waals surface area contributed by atoms with E-state index in [0.717, 1.165) is 6.26 Å². The maximum atomic E-state index is 13.0. The zero-order valence-electron chi connectivity index (χ0n) is 13.7. The van der Waals surface area contributed by atoms with Gasteiger partial charge in [0.1, 0.15) is 5.25 Å². The van der Waals surface area contributed by atoms with Crippen LogP contribution in [0.2, 0.25) is 5.15 Å². The van der Waals surface area contributed by atoms with Crippen molar-refractivity contribution in [1.82, 2.24) is 14.8 Å². The van der Waals surface area contributed by atoms with Gasteiger partial charge in [0.2, 0.25) is 0 Å². The molecule has 5 nitrogen and oxygen atoms in total. The number of nitrogens with zero attached hydrogens (tertiary/aromatic N) is 4. The van der Waals surface area contributed by atoms with Gasteiger partial charge in [-0.2, -0.15) is 18.3 Å². The van der Waals surface area contributed by atoms with Crippen LogP contribution in [0.5, 0.6) is 0 Å². The Hall–Kier alpha value is -1.61. The first-order valence-electron chi connectivity index (χ1n) is 7.53. The van der Waals surface area contributed by atoms with Crippen molar-refractivity contribution in [3.63, 3.8) is 0 Å². The minimum absolute atomic E-state index is 0.0682. The van der Waals surface area contributed by atoms with Crippen LogP contribution in [0.1, 0.15) is 13.3 Å². The fourth-order valence-corrected chi connectivity index (χ4v) is 3.48. The first kappa shape index (κ1) is 19.7. The minimum atomic E-state index is -4.50. The van der Waals surface area contributed by atoms with Crippen molar-refractivity contribution in [3.05, 3.63) is 35.9 Å². The molecule has 2 rings (SSSR count). The second kappa shape index (κ2) is 8.18. The summed E-state index contributed by atoms with van der Waals surface area (Å²) >= 11 is 6.16. The Kier molecular flexibility index (Phi) is 6.45. The van der Waals surface area contributed by atoms with E-state index in [1.54, 1.807) is 35.6 Å². The Morgan fingerprint density at radius 1 is 1.44 bits per heavy atom. The molecule has 2 heterocycles. The van der Waals surface area contributed by atoms with Crippen LogP contribution < -0.4 is 4.90 Å². The molecule has 0 aliphatic rings. The third-order valence-corrected chi connectivity index (χ3v) is 5.28. The molecule has 138 valence electrons. The maximum absolute atomic E-state index is 13.0. The van der Waals surface area contributed by atoms with E-state index in [-0.39, 0.29) is 18.1 Å². The second-order valence-corrected chi connectivity index (χ2v) is 7.28. The van der Waals surface area contributed by atoms with Gasteiger partial charge in [-0.25, -0.2) is 4.68 Å². The molecule has 25 heavy (non-hydrogen) atoms. The lowest BCUT2D eigenvalue weighted by Crippen LogP contribution is -2.37. The Bertz CT molecular complexity index is 723. The monoisotopic (exact) mass is 394 g/mol. The van der Waals surface area contributed by atoms with Crippen molar-refractivity contribution in [2.45, 2.75) is 24.8 Å². The van der Waals surface area contributed by atoms with Gasteiger partial charge in [0.15, 0.2) is 5.15 Å². The molecule has 2 aromatic rings. The van der Waals surface area contributed by atoms with Gasteiger partial charge in [-0.15, -0.1) is 0 Å². The molecule has 0 fully saturated rings. The van der Waals surface area contributed by atoms with E-state index in [1.807, 2.05) is 6.92 Å². The molecule has 0 aromatic carbocycles. The third kappa shape index (κ3) is 4.94. The predicted molar refractivity (Wildman–Crippen MR) is 92.8 cm³/mol. The molecule has 10 heteroatoms. The van der Waals surface area contributed by atoms with E-state index < -0.39 is 22.2 Å². The van der Waals surface area contributed by atoms with E-state index in [9.17, 15) is 17.4 Å². The van der Waals surface area contributed by atoms with Gasteiger partial charge in [-0.3, -0.25) is 9.19 Å². The van der Waals surface area contributed by atoms with Crippen LogP contribution >= 0.6 is 11.6 Å². The quantitative estimate of drug-likeness (QED) is 0.721. The van der Waals surface area contributed by atoms with Crippen LogP contribution in [0.15, 0.2) is 30.7 Å². The number of aromatic nitrogens is 3. The molecular formula is C15H18ClF3N4OS. The summed E-state index contributed by atoms with van der Waals surface area (Å²) in [7, 11) is -1.99. The lowest BCUT2D eigenvalue weighted by atomic mass is 10.2. The summed E-state index contributed by atoms with van der Waals surface area (Å²) in [6.07, 6.45) is 1.16. The van der Waals surface area contributed by atoms with Gasteiger partial charge in [0.05, 0.1) is 23.8 Å². The normalized spacial score (nSPS) is 14.3. The lowest BCUT2D eigenvalue weighted by Gasteiger charge is -2.25. The van der Waals surface area contributed by atoms with E-state index in [1.165, 1.54) is 4.68 Å². The molecule has 0 spiro atoms. The summed E-state index contributed by atoms with van der Waals surface area (Å²) in [5.74, 6) is 0. The topological polar surface area (TPSA) is 51.0 Å². The fraction of sp³-hybridized carbons (Fsp3) is 0.467. The largest absolute Gasteiger partial charge is 0.403 e. The van der Waals surface area contributed by atoms with Gasteiger partial charge >= 0.3 is 6.18 Å². The molecule has 0 radical (unpaired) electrons. The molecule has 2 unspecified atom stereocenters. The molecule has 0 saturated carbocycles. The van der Waals surface area contributed by atoms with Crippen molar-refractivity contribution in [1.29, 1.82) is 0 Å². The summed E-state index contributed by atoms with van der Waals surface area (Å²) in [5, 5.41) is 2.50. The van der Waals surface area contributed by atoms with Crippen LogP contribution in [-0.4, -0.2) is 49.7 Å². The van der Waals surface area contributed by atoms with Gasteiger partial charge in [-0.05, 0) is 25.5 Å². The van der Waals surface area contributed by atoms with Gasteiger partial charge in [0, 0.05) is 36.3 Å². The van der Waals surface area contributed by atoms with E-state index in [2.05, 4.69) is 10.1 Å². The van der Waals surface area contributed by atoms with Crippen LogP contribution in [-0.2, 0) is 10.8 Å². The Balaban J connectivity index is 2.18. The van der Waals surface area contributed by atoms with Gasteiger partial charge < -0.3 is 4.90 Å². The highest BCUT2D eigenvalue weighted by molar-refractivity contribution is 7.85. The van der Waals surface area contributed by atoms with Crippen molar-refractivity contribution in [3.8, 4) is 5.69 Å². The molecule has 0 bridgehead atoms. The number of rotatable bonds is 7. The SMILES string of the molecule is CCN(CCC(S(C)=O)C(F)(F)F)c1cn(-c2cccnc2)nc1Cl. The van der Waals surface area contributed by atoms with Crippen molar-refractivity contribution in [2.24, 2.45) is 0 Å². The molecule has 0 saturated heterocycles. The number of hydrogen-bond acceptors (Lipinski definition) is 4. The van der Waals surface area contributed by atoms with Gasteiger partial charge in [-0.1, -0.05) is 11.6 Å². The van der Waals surface area contributed by atoms with Crippen LogP contribution in [0.4, 0.5) is 18.9 Å². The standard InChI is InChI=1S/C15H18ClF3N4OS/c1-3-22(8-6-13(25(2)24)15(17,18)19)12-10-23(21-14(12)16)11-5-4-7-20-9-11/h4-5,7,9-10,13H,3,6,8H2,1-2H3. The van der Waals surface area contributed by atoms with Crippen molar-refractivity contribution in [2.75, 3.05) is 24.2 Å². The number of pyridine rings is 1. The lowest BCUT2D eigenvalue weighted by molar-refractivity contribution is -0.130. The Morgan fingerprint density at radius 2 is 2.16 bits per heavy atom. The second-order valence-electron chi connectivity index (χ2n) is 5.36. The first-order valence-corrected chi connectivity index (χ1v) is 9.53. The summed E-state index contributed by atoms with van der Waals surface area (Å²) < 4.78 is 51.8. The summed E-state index contributed by atoms with van der Waals surface area (Å²) in [6, 6.07) is 3.53. The molecule has 0 aliphatic carbocycles. The van der Waals surface area contributed by atoms with Crippen molar-refractivity contribution < 1.29 is 17.4 Å². The maximum Gasteiger partial charge on any atom is 0.403 e. The molecule has 0 N–H and O–H groups in total. The average Bonchev–Trinajstić information content (AvgIpc) is 2.92. The number of alkyl halides is 3. The Morgan fingerprint density at radius 3 is 2.68 bits per heavy atom. The summed E-state index contributed by atoms with van der Waals surface area (Å²) in [6.45, 7) is 2.32. The van der Waals surface area contributed by atoms with Crippen LogP contribution in [0.3, 0.4) is 0 Å². The fourth-order valence-electron chi connectivity index (χ4n) is 2.42. The first-order chi connectivity index (χ1) is 11.7. The molecule has 0 aliphatic heterocycles. The molecule has 2 atom stereocenters. The van der Waals surface area contributed by atoms with E-state index in [4.69, 9.17) is 11.6 Å². The third-order valence-electron chi connectivity index (χ3n) is 3.71. The predicted octanol–water partition coefficient (Wildman–Crippen LogP) is 3.45. The number of anilines is 1. The number of hydrogen-bond donors (Lipinski definition) is 0. The highest BCUT2D eigenvalue weighted by Gasteiger charge is 2.42. The number of halogens is 4. The van der Waals surface area contributed by atoms with Crippen molar-refractivity contribution >= 4 is 28.1 Å². The minimum Gasteiger partial charge on any atom is -0.368 e. The summed E-state index contributed by atoms with van der Waals surface area (Å²) in [4.78, 5) is 5.68. The van der Waals surface area contributed by atoms with Crippen LogP contribution in [0, 0.1) is 0 Å². The smallest absolute Gasteiger partial charge is 0.368 e. The molecular weight excluding hydrogens is 377 g/mol. The zero-order valence-corrected chi connectivity index (χ0v) is 15.3. The highest BCUT2D eigenvalue weighted by atomic mass is 35.5. The average molecular weight is 395 g/mol. The van der Waals surface area contributed by atoms with Gasteiger partial charge in [0.25, 0.3) is 0 Å². The molecule has 0 amide bonds. The van der Waals surface area contributed by atoms with E-state index in [0.29, 0.717) is 17.9 Å².